The van der Waals surface area contributed by atoms with Crippen LogP contribution in [-0.4, -0.2) is 44.4 Å². The Kier molecular flexibility index (Phi) is 2.21. The van der Waals surface area contributed by atoms with E-state index in [1.807, 2.05) is 0 Å². The normalized spacial score (nSPS) is 16.7. The molecule has 7 heteroatoms. The summed E-state index contributed by atoms with van der Waals surface area (Å²) in [5.41, 5.74) is 1.73. The zero-order valence-corrected chi connectivity index (χ0v) is 10.5. The fourth-order valence-corrected chi connectivity index (χ4v) is 2.72. The number of carbonyl (C=O) groups excluding carboxylic acids is 1. The Morgan fingerprint density at radius 2 is 2.28 bits per heavy atom. The molecule has 0 unspecified atom stereocenters. The van der Waals surface area contributed by atoms with E-state index in [0.29, 0.717) is 24.2 Å². The number of likely N-dealkylation sites (N-methyl/N-ethyl adjacent to an activating group) is 1. The second-order valence-corrected chi connectivity index (χ2v) is 5.34. The first kappa shape index (κ1) is 11.2. The number of carbonyl (C=O) groups is 2. The third-order valence-corrected chi connectivity index (χ3v) is 4.20. The number of hydrogen-bond donors (Lipinski definition) is 2. The van der Waals surface area contributed by atoms with Gasteiger partial charge in [-0.25, -0.2) is 9.78 Å². The molecule has 2 aromatic heterocycles. The molecule has 0 aliphatic heterocycles. The van der Waals surface area contributed by atoms with Gasteiger partial charge in [0.25, 0.3) is 5.91 Å². The molecule has 0 saturated heterocycles. The monoisotopic (exact) mass is 265 g/mol. The topological polar surface area (TPSA) is 86.3 Å². The molecular weight excluding hydrogens is 254 g/mol. The number of hydrogen-bond acceptors (Lipinski definition) is 4. The highest BCUT2D eigenvalue weighted by molar-refractivity contribution is 7.16. The standard InChI is InChI=1S/C11H11N3O3S/c1-14(11(2-3-11)10(16)17)9(15)6-4-7-8(13-6)12-5-18-7/h4-5,13H,2-3H2,1H3,(H,16,17). The Bertz CT molecular complexity index is 612. The van der Waals surface area contributed by atoms with Crippen molar-refractivity contribution < 1.29 is 14.7 Å². The first-order chi connectivity index (χ1) is 8.54. The van der Waals surface area contributed by atoms with Gasteiger partial charge in [0.15, 0.2) is 0 Å². The molecule has 0 spiro atoms. The van der Waals surface area contributed by atoms with Crippen molar-refractivity contribution in [3.8, 4) is 0 Å². The van der Waals surface area contributed by atoms with Gasteiger partial charge in [0.2, 0.25) is 0 Å². The molecule has 2 N–H and O–H groups in total. The largest absolute Gasteiger partial charge is 0.479 e. The molecule has 1 amide bonds. The fraction of sp³-hybridized carbons (Fsp3) is 0.364. The van der Waals surface area contributed by atoms with Crippen LogP contribution in [0, 0.1) is 0 Å². The van der Waals surface area contributed by atoms with Gasteiger partial charge in [-0.3, -0.25) is 4.79 Å². The van der Waals surface area contributed by atoms with Crippen molar-refractivity contribution in [3.63, 3.8) is 0 Å². The first-order valence-corrected chi connectivity index (χ1v) is 6.36. The lowest BCUT2D eigenvalue weighted by atomic mass is 10.2. The molecule has 1 aliphatic carbocycles. The lowest BCUT2D eigenvalue weighted by Crippen LogP contribution is -2.44. The number of rotatable bonds is 3. The number of H-pyrrole nitrogens is 1. The summed E-state index contributed by atoms with van der Waals surface area (Å²) in [6.45, 7) is 0. The summed E-state index contributed by atoms with van der Waals surface area (Å²) in [4.78, 5) is 31.7. The maximum atomic E-state index is 12.2. The minimum atomic E-state index is -1.01. The van der Waals surface area contributed by atoms with Crippen molar-refractivity contribution >= 4 is 33.6 Å². The molecule has 1 aliphatic rings. The molecule has 0 aromatic carbocycles. The van der Waals surface area contributed by atoms with E-state index in [1.165, 1.54) is 23.3 Å². The second-order valence-electron chi connectivity index (χ2n) is 4.45. The molecule has 1 saturated carbocycles. The van der Waals surface area contributed by atoms with Crippen LogP contribution in [0.4, 0.5) is 0 Å². The zero-order valence-electron chi connectivity index (χ0n) is 9.64. The summed E-state index contributed by atoms with van der Waals surface area (Å²) >= 11 is 1.44. The van der Waals surface area contributed by atoms with E-state index in [2.05, 4.69) is 9.97 Å². The van der Waals surface area contributed by atoms with Crippen LogP contribution in [0.15, 0.2) is 11.6 Å². The number of thiazole rings is 1. The summed E-state index contributed by atoms with van der Waals surface area (Å²) < 4.78 is 0.895. The van der Waals surface area contributed by atoms with Crippen LogP contribution >= 0.6 is 11.3 Å². The molecule has 0 radical (unpaired) electrons. The van der Waals surface area contributed by atoms with Gasteiger partial charge >= 0.3 is 5.97 Å². The molecule has 1 fully saturated rings. The third-order valence-electron chi connectivity index (χ3n) is 3.42. The molecule has 3 rings (SSSR count). The average molecular weight is 265 g/mol. The number of aromatic amines is 1. The van der Waals surface area contributed by atoms with Crippen LogP contribution in [0.5, 0.6) is 0 Å². The van der Waals surface area contributed by atoms with Gasteiger partial charge < -0.3 is 15.0 Å². The number of carboxylic acid groups (broad SMARTS) is 1. The lowest BCUT2D eigenvalue weighted by Gasteiger charge is -2.23. The summed E-state index contributed by atoms with van der Waals surface area (Å²) in [6.07, 6.45) is 1.02. The Morgan fingerprint density at radius 3 is 2.83 bits per heavy atom. The zero-order chi connectivity index (χ0) is 12.9. The van der Waals surface area contributed by atoms with Crippen LogP contribution in [0.2, 0.25) is 0 Å². The Labute approximate surface area is 106 Å². The molecule has 94 valence electrons. The number of fused-ring (bicyclic) bond motifs is 1. The maximum absolute atomic E-state index is 12.2. The molecule has 2 aromatic rings. The van der Waals surface area contributed by atoms with Gasteiger partial charge in [-0.1, -0.05) is 0 Å². The smallest absolute Gasteiger partial charge is 0.329 e. The van der Waals surface area contributed by atoms with E-state index < -0.39 is 11.5 Å². The van der Waals surface area contributed by atoms with Crippen molar-refractivity contribution in [3.05, 3.63) is 17.3 Å². The predicted octanol–water partition coefficient (Wildman–Crippen LogP) is 1.31. The van der Waals surface area contributed by atoms with Crippen LogP contribution in [0.25, 0.3) is 10.3 Å². The van der Waals surface area contributed by atoms with Gasteiger partial charge in [-0.2, -0.15) is 0 Å². The summed E-state index contributed by atoms with van der Waals surface area (Å²) in [7, 11) is 1.53. The third kappa shape index (κ3) is 1.43. The second kappa shape index (κ2) is 3.55. The Hall–Kier alpha value is -1.89. The van der Waals surface area contributed by atoms with Crippen molar-refractivity contribution in [1.82, 2.24) is 14.9 Å². The summed E-state index contributed by atoms with van der Waals surface area (Å²) in [5.74, 6) is -1.25. The number of carboxylic acids is 1. The summed E-state index contributed by atoms with van der Waals surface area (Å²) in [6, 6.07) is 1.71. The predicted molar refractivity (Wildman–Crippen MR) is 65.7 cm³/mol. The molecule has 6 nitrogen and oxygen atoms in total. The van der Waals surface area contributed by atoms with Crippen molar-refractivity contribution in [2.24, 2.45) is 0 Å². The van der Waals surface area contributed by atoms with Gasteiger partial charge in [0.1, 0.15) is 16.9 Å². The van der Waals surface area contributed by atoms with Crippen molar-refractivity contribution in [1.29, 1.82) is 0 Å². The first-order valence-electron chi connectivity index (χ1n) is 5.48. The molecule has 2 heterocycles. The highest BCUT2D eigenvalue weighted by atomic mass is 32.1. The van der Waals surface area contributed by atoms with E-state index in [0.717, 1.165) is 4.70 Å². The van der Waals surface area contributed by atoms with Crippen LogP contribution in [0.1, 0.15) is 23.3 Å². The molecule has 0 atom stereocenters. The SMILES string of the molecule is CN(C(=O)c1cc2scnc2[nH]1)C1(C(=O)O)CC1. The minimum absolute atomic E-state index is 0.305. The fourth-order valence-electron chi connectivity index (χ4n) is 2.05. The molecular formula is C11H11N3O3S. The van der Waals surface area contributed by atoms with Crippen molar-refractivity contribution in [2.45, 2.75) is 18.4 Å². The van der Waals surface area contributed by atoms with E-state index in [1.54, 1.807) is 11.6 Å². The van der Waals surface area contributed by atoms with Crippen LogP contribution in [-0.2, 0) is 4.79 Å². The number of nitrogens with one attached hydrogen (secondary N) is 1. The Morgan fingerprint density at radius 1 is 1.56 bits per heavy atom. The highest BCUT2D eigenvalue weighted by Gasteiger charge is 2.55. The maximum Gasteiger partial charge on any atom is 0.329 e. The van der Waals surface area contributed by atoms with E-state index in [4.69, 9.17) is 5.11 Å². The molecule has 18 heavy (non-hydrogen) atoms. The average Bonchev–Trinajstić information content (AvgIpc) is 2.87. The summed E-state index contributed by atoms with van der Waals surface area (Å²) in [5, 5.41) is 9.16. The minimum Gasteiger partial charge on any atom is -0.479 e. The van der Waals surface area contributed by atoms with Gasteiger partial charge in [0.05, 0.1) is 10.2 Å². The van der Waals surface area contributed by atoms with E-state index >= 15 is 0 Å². The van der Waals surface area contributed by atoms with Crippen molar-refractivity contribution in [2.75, 3.05) is 7.05 Å². The quantitative estimate of drug-likeness (QED) is 0.876. The van der Waals surface area contributed by atoms with Gasteiger partial charge in [0, 0.05) is 7.05 Å². The number of amides is 1. The van der Waals surface area contributed by atoms with Gasteiger partial charge in [-0.15, -0.1) is 11.3 Å². The Balaban J connectivity index is 1.91. The van der Waals surface area contributed by atoms with E-state index in [-0.39, 0.29) is 5.91 Å². The van der Waals surface area contributed by atoms with E-state index in [9.17, 15) is 9.59 Å². The lowest BCUT2D eigenvalue weighted by molar-refractivity contribution is -0.143. The highest BCUT2D eigenvalue weighted by Crippen LogP contribution is 2.41. The number of aliphatic carboxylic acids is 1. The van der Waals surface area contributed by atoms with Crippen LogP contribution in [0.3, 0.4) is 0 Å². The van der Waals surface area contributed by atoms with Crippen LogP contribution < -0.4 is 0 Å². The van der Waals surface area contributed by atoms with Gasteiger partial charge in [-0.05, 0) is 18.9 Å². The number of nitrogens with zero attached hydrogens (tertiary/aromatic N) is 2. The number of aromatic nitrogens is 2. The molecule has 0 bridgehead atoms.